The molecule has 0 unspecified atom stereocenters. The Morgan fingerprint density at radius 2 is 1.38 bits per heavy atom. The number of anilines is 1. The number of esters is 1. The summed E-state index contributed by atoms with van der Waals surface area (Å²) in [6, 6.07) is 37.4. The molecular weight excluding hydrogens is 830 g/mol. The van der Waals surface area contributed by atoms with E-state index in [1.165, 1.54) is 12.1 Å². The van der Waals surface area contributed by atoms with Gasteiger partial charge in [0.25, 0.3) is 15.0 Å². The smallest absolute Gasteiger partial charge is 0.407 e. The molecule has 0 bridgehead atoms. The normalized spacial score (nSPS) is 14.1. The predicted octanol–water partition coefficient (Wildman–Crippen LogP) is 7.47. The molecule has 1 aliphatic rings. The Hall–Kier alpha value is -6.00. The largest absolute Gasteiger partial charge is 0.478 e. The summed E-state index contributed by atoms with van der Waals surface area (Å²) < 4.78 is 68.2. The maximum absolute atomic E-state index is 13.5. The maximum Gasteiger partial charge on any atom is 0.407 e. The van der Waals surface area contributed by atoms with Gasteiger partial charge < -0.3 is 24.8 Å². The van der Waals surface area contributed by atoms with Crippen LogP contribution in [0.25, 0.3) is 21.5 Å². The van der Waals surface area contributed by atoms with Crippen molar-refractivity contribution in [2.45, 2.75) is 54.7 Å². The Kier molecular flexibility index (Phi) is 14.4. The minimum atomic E-state index is -4.12. The van der Waals surface area contributed by atoms with Crippen LogP contribution in [0.1, 0.15) is 30.9 Å². The maximum atomic E-state index is 13.5. The Balaban J connectivity index is 0.000000362. The number of hydrogen-bond donors (Lipinski definition) is 3. The number of fused-ring (bicyclic) bond motifs is 3. The highest BCUT2D eigenvalue weighted by molar-refractivity contribution is 8.14. The molecule has 16 heteroatoms. The van der Waals surface area contributed by atoms with Gasteiger partial charge >= 0.3 is 12.1 Å². The molecule has 6 aromatic carbocycles. The molecule has 0 aromatic heterocycles. The van der Waals surface area contributed by atoms with Crippen molar-refractivity contribution in [2.75, 3.05) is 18.5 Å². The zero-order chi connectivity index (χ0) is 42.7. The van der Waals surface area contributed by atoms with E-state index < -0.39 is 43.3 Å². The summed E-state index contributed by atoms with van der Waals surface area (Å²) in [5, 5.41) is 8.31. The third kappa shape index (κ3) is 11.4. The van der Waals surface area contributed by atoms with Crippen LogP contribution in [-0.4, -0.2) is 60.1 Å². The van der Waals surface area contributed by atoms with Crippen molar-refractivity contribution in [1.82, 2.24) is 10.0 Å². The van der Waals surface area contributed by atoms with E-state index in [1.54, 1.807) is 61.5 Å². The molecule has 7 rings (SSSR count). The van der Waals surface area contributed by atoms with E-state index in [9.17, 15) is 31.2 Å². The highest BCUT2D eigenvalue weighted by Gasteiger charge is 2.31. The monoisotopic (exact) mass is 871 g/mol. The van der Waals surface area contributed by atoms with Gasteiger partial charge in [-0.25, -0.2) is 21.6 Å². The number of carbonyl (C=O) groups is 3. The van der Waals surface area contributed by atoms with Crippen LogP contribution in [-0.2, 0) is 51.2 Å². The number of carbonyl (C=O) groups excluding carboxylic acids is 3. The lowest BCUT2D eigenvalue weighted by Crippen LogP contribution is -2.43. The molecule has 60 heavy (non-hydrogen) atoms. The molecule has 0 spiro atoms. The van der Waals surface area contributed by atoms with Crippen LogP contribution in [0.5, 0.6) is 5.75 Å². The molecule has 2 amide bonds. The van der Waals surface area contributed by atoms with Crippen LogP contribution in [0.4, 0.5) is 10.5 Å². The van der Waals surface area contributed by atoms with E-state index in [0.29, 0.717) is 47.2 Å². The molecule has 1 heterocycles. The topological polar surface area (TPSA) is 183 Å². The number of nitrogens with one attached hydrogen (secondary N) is 3. The third-order valence-electron chi connectivity index (χ3n) is 9.35. The number of halogens is 1. The fourth-order valence-corrected chi connectivity index (χ4v) is 9.01. The zero-order valence-corrected chi connectivity index (χ0v) is 34.8. The SMILES string of the molecule is CCOC(=O)[C@H](Cc1ccc2c(c1)NC(=O)[C@@H](CCCNC(=O)OCc1ccccc1)O2)NS(=O)(=O)c1cccc2ccccc12.O=S(=O)(Cl)c1cccc2ccccc12. The molecule has 312 valence electrons. The molecule has 13 nitrogen and oxygen atoms in total. The predicted molar refractivity (Wildman–Crippen MR) is 229 cm³/mol. The standard InChI is InChI=1S/C34H35N3O8S.C10H7ClO2S/c1-2-43-33(39)28(37-46(41,42)31-16-8-13-25-12-6-7-14-26(25)31)21-24-17-18-29-27(20-24)36-32(38)30(45-29)15-9-19-35-34(40)44-22-23-10-4-3-5-11-23;11-14(12,13)10-7-3-5-8-4-1-2-6-9(8)10/h3-8,10-14,16-18,20,28,30,37H,2,9,15,19,21-22H2,1H3,(H,35,40)(H,36,38);1-7H/t28-,30+;/m0./s1. The van der Waals surface area contributed by atoms with Gasteiger partial charge in [-0.1, -0.05) is 109 Å². The van der Waals surface area contributed by atoms with Crippen molar-refractivity contribution >= 4 is 75.0 Å². The molecule has 0 fully saturated rings. The summed E-state index contributed by atoms with van der Waals surface area (Å²) in [5.41, 5.74) is 1.87. The van der Waals surface area contributed by atoms with Crippen LogP contribution < -0.4 is 20.1 Å². The van der Waals surface area contributed by atoms with Gasteiger partial charge in [0.1, 0.15) is 18.4 Å². The minimum absolute atomic E-state index is 0.0263. The minimum Gasteiger partial charge on any atom is -0.478 e. The molecule has 0 radical (unpaired) electrons. The van der Waals surface area contributed by atoms with Crippen LogP contribution in [0.15, 0.2) is 143 Å². The van der Waals surface area contributed by atoms with Crippen molar-refractivity contribution < 1.29 is 45.4 Å². The van der Waals surface area contributed by atoms with Gasteiger partial charge in [-0.2, -0.15) is 4.72 Å². The average molecular weight is 872 g/mol. The summed E-state index contributed by atoms with van der Waals surface area (Å²) >= 11 is 0. The number of sulfonamides is 1. The Bertz CT molecular complexity index is 2710. The summed E-state index contributed by atoms with van der Waals surface area (Å²) in [5.74, 6) is -0.635. The van der Waals surface area contributed by atoms with E-state index in [-0.39, 0.29) is 35.3 Å². The van der Waals surface area contributed by atoms with E-state index in [2.05, 4.69) is 15.4 Å². The lowest BCUT2D eigenvalue weighted by Gasteiger charge is -2.26. The van der Waals surface area contributed by atoms with Gasteiger partial charge in [0.05, 0.1) is 22.1 Å². The van der Waals surface area contributed by atoms with Gasteiger partial charge in [0.15, 0.2) is 6.10 Å². The molecule has 2 atom stereocenters. The second kappa shape index (κ2) is 19.8. The van der Waals surface area contributed by atoms with Crippen molar-refractivity contribution in [3.8, 4) is 5.75 Å². The lowest BCUT2D eigenvalue weighted by molar-refractivity contribution is -0.145. The highest BCUT2D eigenvalue weighted by atomic mass is 35.7. The Morgan fingerprint density at radius 1 is 0.767 bits per heavy atom. The number of amides is 2. The summed E-state index contributed by atoms with van der Waals surface area (Å²) in [7, 11) is -2.46. The van der Waals surface area contributed by atoms with Crippen LogP contribution in [0.3, 0.4) is 0 Å². The van der Waals surface area contributed by atoms with Crippen LogP contribution in [0.2, 0.25) is 0 Å². The molecule has 0 saturated heterocycles. The van der Waals surface area contributed by atoms with E-state index >= 15 is 0 Å². The number of alkyl carbamates (subject to hydrolysis) is 1. The van der Waals surface area contributed by atoms with Gasteiger partial charge in [-0.15, -0.1) is 0 Å². The Morgan fingerprint density at radius 3 is 2.05 bits per heavy atom. The quantitative estimate of drug-likeness (QED) is 0.0564. The second-order valence-corrected chi connectivity index (χ2v) is 17.8. The van der Waals surface area contributed by atoms with Crippen LogP contribution in [0, 0.1) is 0 Å². The fourth-order valence-electron chi connectivity index (χ4n) is 6.51. The summed E-state index contributed by atoms with van der Waals surface area (Å²) in [6.45, 7) is 2.18. The van der Waals surface area contributed by atoms with E-state index in [0.717, 1.165) is 16.3 Å². The lowest BCUT2D eigenvalue weighted by atomic mass is 10.0. The first kappa shape index (κ1) is 43.6. The van der Waals surface area contributed by atoms with Gasteiger partial charge in [0, 0.05) is 28.0 Å². The van der Waals surface area contributed by atoms with E-state index in [4.69, 9.17) is 24.9 Å². The van der Waals surface area contributed by atoms with Crippen molar-refractivity contribution in [1.29, 1.82) is 0 Å². The molecular formula is C44H42ClN3O10S2. The number of ether oxygens (including phenoxy) is 3. The molecule has 0 aliphatic carbocycles. The second-order valence-electron chi connectivity index (χ2n) is 13.6. The molecule has 3 N–H and O–H groups in total. The van der Waals surface area contributed by atoms with Gasteiger partial charge in [0.2, 0.25) is 10.0 Å². The molecule has 6 aromatic rings. The zero-order valence-electron chi connectivity index (χ0n) is 32.4. The first-order valence-corrected chi connectivity index (χ1v) is 22.8. The number of rotatable bonds is 14. The third-order valence-corrected chi connectivity index (χ3v) is 12.3. The fraction of sp³-hybridized carbons (Fsp3) is 0.205. The first-order chi connectivity index (χ1) is 28.8. The van der Waals surface area contributed by atoms with E-state index in [1.807, 2.05) is 66.7 Å². The summed E-state index contributed by atoms with van der Waals surface area (Å²) in [4.78, 5) is 37.9. The summed E-state index contributed by atoms with van der Waals surface area (Å²) in [6.07, 6.45) is -0.505. The average Bonchev–Trinajstić information content (AvgIpc) is 3.24. The van der Waals surface area contributed by atoms with Crippen molar-refractivity contribution in [3.05, 3.63) is 145 Å². The number of hydrogen-bond acceptors (Lipinski definition) is 10. The van der Waals surface area contributed by atoms with Gasteiger partial charge in [-0.05, 0) is 72.4 Å². The van der Waals surface area contributed by atoms with Gasteiger partial charge in [-0.3, -0.25) is 9.59 Å². The van der Waals surface area contributed by atoms with Crippen LogP contribution >= 0.6 is 10.7 Å². The highest BCUT2D eigenvalue weighted by Crippen LogP contribution is 2.32. The molecule has 1 aliphatic heterocycles. The van der Waals surface area contributed by atoms with Crippen molar-refractivity contribution in [2.24, 2.45) is 0 Å². The molecule has 0 saturated carbocycles. The van der Waals surface area contributed by atoms with Crippen molar-refractivity contribution in [3.63, 3.8) is 0 Å². The number of benzene rings is 6. The first-order valence-electron chi connectivity index (χ1n) is 19.0. The Labute approximate surface area is 352 Å².